The molecule has 0 amide bonds. The van der Waals surface area contributed by atoms with Crippen molar-refractivity contribution >= 4 is 44.4 Å². The van der Waals surface area contributed by atoms with Gasteiger partial charge in [-0.3, -0.25) is 9.97 Å². The van der Waals surface area contributed by atoms with E-state index in [9.17, 15) is 0 Å². The van der Waals surface area contributed by atoms with Crippen molar-refractivity contribution in [3.8, 4) is 21.1 Å². The maximum absolute atomic E-state index is 6.30. The number of nitrogens with zero attached hydrogens (tertiary/aromatic N) is 3. The summed E-state index contributed by atoms with van der Waals surface area (Å²) < 4.78 is 1.17. The number of thiophene rings is 1. The van der Waals surface area contributed by atoms with Gasteiger partial charge >= 0.3 is 0 Å². The van der Waals surface area contributed by atoms with Gasteiger partial charge < -0.3 is 0 Å². The first kappa shape index (κ1) is 12.9. The number of rotatable bonds is 2. The van der Waals surface area contributed by atoms with E-state index in [1.165, 1.54) is 21.4 Å². The molecule has 0 saturated carbocycles. The van der Waals surface area contributed by atoms with Gasteiger partial charge in [0, 0.05) is 24.2 Å². The Morgan fingerprint density at radius 3 is 2.95 bits per heavy atom. The molecule has 6 heteroatoms. The smallest absolute Gasteiger partial charge is 0.150 e. The molecule has 0 bridgehead atoms. The summed E-state index contributed by atoms with van der Waals surface area (Å²) in [6.45, 7) is 0. The fraction of sp³-hybridized carbons (Fsp3) is 0. The Bertz CT molecular complexity index is 915. The quantitative estimate of drug-likeness (QED) is 0.511. The molecule has 0 N–H and O–H groups in total. The van der Waals surface area contributed by atoms with Crippen LogP contribution in [-0.2, 0) is 0 Å². The van der Waals surface area contributed by atoms with Crippen LogP contribution in [0.25, 0.3) is 31.2 Å². The molecule has 0 radical (unpaired) electrons. The van der Waals surface area contributed by atoms with Crippen LogP contribution in [0.4, 0.5) is 0 Å². The van der Waals surface area contributed by atoms with Crippen molar-refractivity contribution in [3.63, 3.8) is 0 Å². The van der Waals surface area contributed by atoms with Crippen molar-refractivity contribution in [1.82, 2.24) is 15.0 Å². The van der Waals surface area contributed by atoms with E-state index in [-0.39, 0.29) is 0 Å². The van der Waals surface area contributed by atoms with Gasteiger partial charge in [0.1, 0.15) is 10.2 Å². The molecule has 4 rings (SSSR count). The zero-order chi connectivity index (χ0) is 14.2. The molecular formula is C15H8ClN3S2. The minimum atomic E-state index is 0.487. The lowest BCUT2D eigenvalue weighted by atomic mass is 10.2. The van der Waals surface area contributed by atoms with Gasteiger partial charge in [0.05, 0.1) is 15.3 Å². The molecular weight excluding hydrogens is 322 g/mol. The lowest BCUT2D eigenvalue weighted by Gasteiger charge is -1.97. The maximum Gasteiger partial charge on any atom is 0.150 e. The van der Waals surface area contributed by atoms with E-state index in [1.54, 1.807) is 23.7 Å². The van der Waals surface area contributed by atoms with E-state index in [2.05, 4.69) is 32.5 Å². The van der Waals surface area contributed by atoms with Crippen molar-refractivity contribution in [2.75, 3.05) is 0 Å². The van der Waals surface area contributed by atoms with Crippen molar-refractivity contribution in [2.45, 2.75) is 0 Å². The van der Waals surface area contributed by atoms with E-state index >= 15 is 0 Å². The minimum absolute atomic E-state index is 0.487. The average molecular weight is 330 g/mol. The van der Waals surface area contributed by atoms with E-state index in [0.29, 0.717) is 5.15 Å². The molecule has 4 heterocycles. The van der Waals surface area contributed by atoms with E-state index in [0.717, 1.165) is 21.1 Å². The fourth-order valence-corrected chi connectivity index (χ4v) is 4.06. The van der Waals surface area contributed by atoms with Gasteiger partial charge in [-0.15, -0.1) is 22.7 Å². The highest BCUT2D eigenvalue weighted by Crippen LogP contribution is 2.38. The third-order valence-electron chi connectivity index (χ3n) is 3.07. The van der Waals surface area contributed by atoms with Crippen LogP contribution in [0, 0.1) is 0 Å². The molecule has 0 aliphatic rings. The molecule has 3 nitrogen and oxygen atoms in total. The molecule has 0 aliphatic carbocycles. The topological polar surface area (TPSA) is 38.7 Å². The number of pyridine rings is 2. The highest BCUT2D eigenvalue weighted by atomic mass is 35.5. The molecule has 21 heavy (non-hydrogen) atoms. The number of hydrogen-bond acceptors (Lipinski definition) is 5. The van der Waals surface area contributed by atoms with Crippen LogP contribution in [0.2, 0.25) is 5.15 Å². The zero-order valence-corrected chi connectivity index (χ0v) is 13.0. The molecule has 4 aromatic rings. The Balaban J connectivity index is 1.83. The Morgan fingerprint density at radius 2 is 2.10 bits per heavy atom. The van der Waals surface area contributed by atoms with Gasteiger partial charge in [-0.05, 0) is 35.0 Å². The lowest BCUT2D eigenvalue weighted by molar-refractivity contribution is 1.31. The van der Waals surface area contributed by atoms with Crippen LogP contribution >= 0.6 is 34.3 Å². The molecule has 0 aliphatic heterocycles. The van der Waals surface area contributed by atoms with Gasteiger partial charge in [-0.25, -0.2) is 4.98 Å². The van der Waals surface area contributed by atoms with Crippen molar-refractivity contribution in [3.05, 3.63) is 53.4 Å². The number of fused-ring (bicyclic) bond motifs is 1. The lowest BCUT2D eigenvalue weighted by Crippen LogP contribution is -1.79. The SMILES string of the molecule is Clc1nc(-c2cccnc2)sc1-c1cc2ccsc2cn1. The Morgan fingerprint density at radius 1 is 1.14 bits per heavy atom. The van der Waals surface area contributed by atoms with Crippen LogP contribution < -0.4 is 0 Å². The largest absolute Gasteiger partial charge is 0.264 e. The maximum atomic E-state index is 6.30. The molecule has 4 aromatic heterocycles. The molecule has 0 fully saturated rings. The third-order valence-corrected chi connectivity index (χ3v) is 5.45. The number of thiazole rings is 1. The van der Waals surface area contributed by atoms with Crippen LogP contribution in [0.3, 0.4) is 0 Å². The van der Waals surface area contributed by atoms with Crippen molar-refractivity contribution in [1.29, 1.82) is 0 Å². The second-order valence-electron chi connectivity index (χ2n) is 4.41. The average Bonchev–Trinajstić information content (AvgIpc) is 3.13. The second-order valence-corrected chi connectivity index (χ2v) is 6.71. The van der Waals surface area contributed by atoms with Gasteiger partial charge in [0.15, 0.2) is 0 Å². The van der Waals surface area contributed by atoms with Crippen LogP contribution in [0.1, 0.15) is 0 Å². The van der Waals surface area contributed by atoms with Crippen molar-refractivity contribution < 1.29 is 0 Å². The van der Waals surface area contributed by atoms with E-state index in [4.69, 9.17) is 11.6 Å². The van der Waals surface area contributed by atoms with Gasteiger partial charge in [0.2, 0.25) is 0 Å². The summed E-state index contributed by atoms with van der Waals surface area (Å²) >= 11 is 9.51. The van der Waals surface area contributed by atoms with Gasteiger partial charge in [0.25, 0.3) is 0 Å². The summed E-state index contributed by atoms with van der Waals surface area (Å²) in [7, 11) is 0. The van der Waals surface area contributed by atoms with Crippen LogP contribution in [0.5, 0.6) is 0 Å². The van der Waals surface area contributed by atoms with E-state index < -0.39 is 0 Å². The van der Waals surface area contributed by atoms with Gasteiger partial charge in [-0.2, -0.15) is 0 Å². The van der Waals surface area contributed by atoms with Crippen LogP contribution in [0.15, 0.2) is 48.2 Å². The number of aromatic nitrogens is 3. The summed E-state index contributed by atoms with van der Waals surface area (Å²) in [4.78, 5) is 13.9. The predicted molar refractivity (Wildman–Crippen MR) is 89.0 cm³/mol. The monoisotopic (exact) mass is 329 g/mol. The van der Waals surface area contributed by atoms with Gasteiger partial charge in [-0.1, -0.05) is 11.6 Å². The normalized spacial score (nSPS) is 11.1. The van der Waals surface area contributed by atoms with Crippen LogP contribution in [-0.4, -0.2) is 15.0 Å². The molecule has 0 saturated heterocycles. The Labute approximate surface area is 133 Å². The molecule has 0 unspecified atom stereocenters. The first-order valence-electron chi connectivity index (χ1n) is 6.21. The summed E-state index contributed by atoms with van der Waals surface area (Å²) in [5.74, 6) is 0. The summed E-state index contributed by atoms with van der Waals surface area (Å²) in [6.07, 6.45) is 5.41. The minimum Gasteiger partial charge on any atom is -0.264 e. The zero-order valence-electron chi connectivity index (χ0n) is 10.7. The first-order chi connectivity index (χ1) is 10.3. The number of halogens is 1. The Kier molecular flexibility index (Phi) is 3.18. The highest BCUT2D eigenvalue weighted by molar-refractivity contribution is 7.19. The summed E-state index contributed by atoms with van der Waals surface area (Å²) in [5, 5.41) is 4.58. The third kappa shape index (κ3) is 2.33. The summed E-state index contributed by atoms with van der Waals surface area (Å²) in [5.41, 5.74) is 1.82. The predicted octanol–water partition coefficient (Wildman–Crippen LogP) is 5.14. The molecule has 102 valence electrons. The molecule has 0 spiro atoms. The molecule has 0 aromatic carbocycles. The van der Waals surface area contributed by atoms with Crippen molar-refractivity contribution in [2.24, 2.45) is 0 Å². The summed E-state index contributed by atoms with van der Waals surface area (Å²) in [6, 6.07) is 8.00. The first-order valence-corrected chi connectivity index (χ1v) is 8.29. The number of hydrogen-bond donors (Lipinski definition) is 0. The standard InChI is InChI=1S/C15H8ClN3S2/c16-14-13(11-6-9-3-5-20-12(9)8-18-11)21-15(19-14)10-2-1-4-17-7-10/h1-8H. The molecule has 0 atom stereocenters. The Hall–Kier alpha value is -1.82. The fourth-order valence-electron chi connectivity index (χ4n) is 2.06. The van der Waals surface area contributed by atoms with E-state index in [1.807, 2.05) is 18.3 Å². The highest BCUT2D eigenvalue weighted by Gasteiger charge is 2.14. The second kappa shape index (κ2) is 5.18.